The summed E-state index contributed by atoms with van der Waals surface area (Å²) < 4.78 is 24.0. The average molecular weight is 657 g/mol. The van der Waals surface area contributed by atoms with Crippen molar-refractivity contribution < 1.29 is 38.7 Å². The van der Waals surface area contributed by atoms with Gasteiger partial charge in [0.25, 0.3) is 0 Å². The Bertz CT molecular complexity index is 1710. The molecule has 2 heterocycles. The molecule has 3 aliphatic rings. The smallest absolute Gasteiger partial charge is 0.350 e. The zero-order valence-corrected chi connectivity index (χ0v) is 29.0. The van der Waals surface area contributed by atoms with Gasteiger partial charge < -0.3 is 29.2 Å². The number of carbonyl (C=O) groups is 2. The molecular weight excluding hydrogens is 608 g/mol. The second-order valence-corrected chi connectivity index (χ2v) is 13.8. The van der Waals surface area contributed by atoms with Crippen LogP contribution in [-0.4, -0.2) is 41.5 Å². The van der Waals surface area contributed by atoms with Crippen LogP contribution in [-0.2, 0) is 31.1 Å². The summed E-state index contributed by atoms with van der Waals surface area (Å²) in [4.78, 5) is 24.9. The van der Waals surface area contributed by atoms with E-state index in [-0.39, 0.29) is 36.4 Å². The summed E-state index contributed by atoms with van der Waals surface area (Å²) in [7, 11) is 1.36. The lowest BCUT2D eigenvalue weighted by Gasteiger charge is -2.56. The first-order valence-electron chi connectivity index (χ1n) is 16.7. The number of hydrogen-bond donors (Lipinski definition) is 2. The normalized spacial score (nSPS) is 22.3. The van der Waals surface area contributed by atoms with Gasteiger partial charge in [-0.3, -0.25) is 4.79 Å². The van der Waals surface area contributed by atoms with Crippen molar-refractivity contribution in [1.29, 1.82) is 0 Å². The third-order valence-electron chi connectivity index (χ3n) is 9.84. The van der Waals surface area contributed by atoms with Crippen molar-refractivity contribution in [2.24, 2.45) is 5.92 Å². The number of allylic oxidation sites excluding steroid dienone is 5. The van der Waals surface area contributed by atoms with E-state index in [1.807, 2.05) is 13.0 Å². The monoisotopic (exact) mass is 656 g/mol. The fourth-order valence-corrected chi connectivity index (χ4v) is 7.49. The lowest BCUT2D eigenvalue weighted by molar-refractivity contribution is -0.181. The van der Waals surface area contributed by atoms with Crippen LogP contribution in [0.2, 0.25) is 0 Å². The van der Waals surface area contributed by atoms with Gasteiger partial charge in [0, 0.05) is 41.5 Å². The zero-order chi connectivity index (χ0) is 34.8. The van der Waals surface area contributed by atoms with Gasteiger partial charge in [0.15, 0.2) is 0 Å². The first kappa shape index (κ1) is 34.9. The van der Waals surface area contributed by atoms with E-state index in [0.29, 0.717) is 59.4 Å². The minimum absolute atomic E-state index is 0.0257. The van der Waals surface area contributed by atoms with Crippen LogP contribution in [0.15, 0.2) is 71.4 Å². The van der Waals surface area contributed by atoms with Crippen molar-refractivity contribution in [2.75, 3.05) is 13.7 Å². The van der Waals surface area contributed by atoms with E-state index >= 15 is 0 Å². The Hall–Kier alpha value is -4.46. The molecule has 0 saturated heterocycles. The van der Waals surface area contributed by atoms with Crippen LogP contribution >= 0.6 is 0 Å². The molecule has 1 spiro atoms. The van der Waals surface area contributed by atoms with Gasteiger partial charge in [-0.25, -0.2) is 4.79 Å². The summed E-state index contributed by atoms with van der Waals surface area (Å²) in [6.07, 6.45) is 11.6. The zero-order valence-electron chi connectivity index (χ0n) is 29.0. The third-order valence-corrected chi connectivity index (χ3v) is 9.84. The number of rotatable bonds is 12. The maximum Gasteiger partial charge on any atom is 0.350 e. The maximum atomic E-state index is 13.2. The van der Waals surface area contributed by atoms with E-state index < -0.39 is 17.2 Å². The van der Waals surface area contributed by atoms with Crippen molar-refractivity contribution in [3.63, 3.8) is 0 Å². The minimum atomic E-state index is -1.24. The topological polar surface area (TPSA) is 112 Å². The third kappa shape index (κ3) is 6.75. The number of carbonyl (C=O) groups excluding carboxylic acids is 2. The lowest BCUT2D eigenvalue weighted by atomic mass is 9.60. The molecule has 8 heteroatoms. The fourth-order valence-electron chi connectivity index (χ4n) is 7.49. The van der Waals surface area contributed by atoms with E-state index in [0.717, 1.165) is 30.4 Å². The summed E-state index contributed by atoms with van der Waals surface area (Å²) >= 11 is 0. The van der Waals surface area contributed by atoms with Crippen LogP contribution in [0, 0.1) is 5.92 Å². The standard InChI is InChI=1S/C40H48O8/c1-24(2)10-8-11-26(5)12-9-13-28(22-46-27(6)41)14-15-29-20-35-30(21-33(29)43)36-32(42)16-17-34-37(36)40(48-35)23-39(47-34,38(44)45-7)19-18-31(40)25(3)4/h10,12,14,16-17,20-21,31,42-43H,3,8-9,11,13,15,18-19,22-23H2,1-2,4-7H3/b26-12+,28-14-/t31-,39-,40+/m0/s1. The second-order valence-electron chi connectivity index (χ2n) is 13.8. The number of phenols is 2. The molecule has 2 N–H and O–H groups in total. The Kier molecular flexibility index (Phi) is 10.1. The Morgan fingerprint density at radius 2 is 1.73 bits per heavy atom. The van der Waals surface area contributed by atoms with Gasteiger partial charge >= 0.3 is 11.9 Å². The molecule has 1 aliphatic carbocycles. The van der Waals surface area contributed by atoms with Gasteiger partial charge in [-0.2, -0.15) is 0 Å². The van der Waals surface area contributed by atoms with Crippen LogP contribution in [0.4, 0.5) is 0 Å². The quantitative estimate of drug-likeness (QED) is 0.173. The maximum absolute atomic E-state index is 13.2. The van der Waals surface area contributed by atoms with Crippen LogP contribution < -0.4 is 9.47 Å². The van der Waals surface area contributed by atoms with Crippen molar-refractivity contribution in [3.8, 4) is 34.1 Å². The second kappa shape index (κ2) is 14.0. The predicted octanol–water partition coefficient (Wildman–Crippen LogP) is 8.54. The van der Waals surface area contributed by atoms with Gasteiger partial charge in [0.05, 0.1) is 7.11 Å². The number of benzene rings is 2. The van der Waals surface area contributed by atoms with Gasteiger partial charge in [-0.05, 0) is 102 Å². The van der Waals surface area contributed by atoms with Gasteiger partial charge in [-0.1, -0.05) is 41.5 Å². The number of aromatic hydroxyl groups is 2. The van der Waals surface area contributed by atoms with Crippen LogP contribution in [0.3, 0.4) is 0 Å². The van der Waals surface area contributed by atoms with Crippen LogP contribution in [0.25, 0.3) is 11.1 Å². The Morgan fingerprint density at radius 3 is 2.42 bits per heavy atom. The first-order chi connectivity index (χ1) is 22.8. The molecule has 2 aromatic carbocycles. The summed E-state index contributed by atoms with van der Waals surface area (Å²) in [5.74, 6) is 0.0156. The predicted molar refractivity (Wildman–Crippen MR) is 185 cm³/mol. The molecule has 3 atom stereocenters. The van der Waals surface area contributed by atoms with E-state index in [2.05, 4.69) is 39.5 Å². The van der Waals surface area contributed by atoms with Crippen LogP contribution in [0.5, 0.6) is 23.0 Å². The Labute approximate surface area is 283 Å². The highest BCUT2D eigenvalue weighted by atomic mass is 16.6. The van der Waals surface area contributed by atoms with Crippen molar-refractivity contribution in [2.45, 2.75) is 97.2 Å². The van der Waals surface area contributed by atoms with Crippen molar-refractivity contribution >= 4 is 11.9 Å². The minimum Gasteiger partial charge on any atom is -0.508 e. The molecule has 5 rings (SSSR count). The number of methoxy groups -OCH3 is 1. The molecule has 256 valence electrons. The number of fused-ring (bicyclic) bond motifs is 3. The number of esters is 2. The van der Waals surface area contributed by atoms with Crippen LogP contribution in [0.1, 0.15) is 90.7 Å². The lowest BCUT2D eigenvalue weighted by Crippen LogP contribution is -2.62. The van der Waals surface area contributed by atoms with Gasteiger partial charge in [-0.15, -0.1) is 0 Å². The molecule has 2 aliphatic heterocycles. The molecule has 0 radical (unpaired) electrons. The summed E-state index contributed by atoms with van der Waals surface area (Å²) in [5.41, 5.74) is 4.51. The molecule has 8 nitrogen and oxygen atoms in total. The molecule has 2 aromatic rings. The summed E-state index contributed by atoms with van der Waals surface area (Å²) in [5, 5.41) is 22.6. The summed E-state index contributed by atoms with van der Waals surface area (Å²) in [6.45, 7) is 14.2. The molecule has 0 amide bonds. The van der Waals surface area contributed by atoms with E-state index in [9.17, 15) is 19.8 Å². The molecule has 1 fully saturated rings. The summed E-state index contributed by atoms with van der Waals surface area (Å²) in [6, 6.07) is 6.64. The Morgan fingerprint density at radius 1 is 0.979 bits per heavy atom. The molecule has 2 bridgehead atoms. The highest BCUT2D eigenvalue weighted by molar-refractivity contribution is 5.88. The molecule has 48 heavy (non-hydrogen) atoms. The first-order valence-corrected chi connectivity index (χ1v) is 16.7. The van der Waals surface area contributed by atoms with Crippen molar-refractivity contribution in [1.82, 2.24) is 0 Å². The van der Waals surface area contributed by atoms with E-state index in [4.69, 9.17) is 18.9 Å². The molecule has 0 unspecified atom stereocenters. The molecular formula is C40H48O8. The largest absolute Gasteiger partial charge is 0.508 e. The van der Waals surface area contributed by atoms with Gasteiger partial charge in [0.1, 0.15) is 35.2 Å². The number of ether oxygens (including phenoxy) is 4. The molecule has 0 aromatic heterocycles. The highest BCUT2D eigenvalue weighted by Crippen LogP contribution is 2.64. The molecule has 1 saturated carbocycles. The fraction of sp³-hybridized carbons (Fsp3) is 0.450. The highest BCUT2D eigenvalue weighted by Gasteiger charge is 2.64. The Balaban J connectivity index is 1.50. The van der Waals surface area contributed by atoms with E-state index in [1.165, 1.54) is 25.2 Å². The van der Waals surface area contributed by atoms with Crippen molar-refractivity contribution in [3.05, 3.63) is 82.5 Å². The van der Waals surface area contributed by atoms with E-state index in [1.54, 1.807) is 24.3 Å². The average Bonchev–Trinajstić information content (AvgIpc) is 3.02. The number of phenolic OH excluding ortho intramolecular Hbond substituents is 2. The van der Waals surface area contributed by atoms with Gasteiger partial charge in [0.2, 0.25) is 5.60 Å². The SMILES string of the molecule is C=C(C)[C@@H]1CC[C@@]2(C(=O)OC)C[C@@]13Oc1cc(C/C=C(/CC/C=C(\C)CCC=C(C)C)COC(C)=O)c(O)cc1-c1c(O)ccc(c13)O2. The number of hydrogen-bond acceptors (Lipinski definition) is 8.